The summed E-state index contributed by atoms with van der Waals surface area (Å²) in [6.07, 6.45) is -1.95. The van der Waals surface area contributed by atoms with Crippen molar-refractivity contribution in [2.45, 2.75) is 19.1 Å². The van der Waals surface area contributed by atoms with Gasteiger partial charge >= 0.3 is 12.1 Å². The molecular formula is C9H9F3N2O. The van der Waals surface area contributed by atoms with Crippen LogP contribution >= 0.6 is 0 Å². The lowest BCUT2D eigenvalue weighted by atomic mass is 10.1. The normalized spacial score (nSPS) is 13.3. The Labute approximate surface area is 84.3 Å². The highest BCUT2D eigenvalue weighted by Gasteiger charge is 2.39. The Morgan fingerprint density at radius 2 is 1.93 bits per heavy atom. The fourth-order valence-corrected chi connectivity index (χ4v) is 1.01. The molecule has 0 spiro atoms. The van der Waals surface area contributed by atoms with Crippen LogP contribution in [0.3, 0.4) is 0 Å². The van der Waals surface area contributed by atoms with Crippen LogP contribution in [0.2, 0.25) is 0 Å². The molecular weight excluding hydrogens is 209 g/mol. The summed E-state index contributed by atoms with van der Waals surface area (Å²) in [7, 11) is 0. The molecule has 0 fully saturated rings. The van der Waals surface area contributed by atoms with Crippen molar-refractivity contribution in [1.29, 1.82) is 0 Å². The number of pyridine rings is 1. The van der Waals surface area contributed by atoms with E-state index < -0.39 is 18.1 Å². The Hall–Kier alpha value is -1.59. The molecule has 0 bridgehead atoms. The average molecular weight is 218 g/mol. The Morgan fingerprint density at radius 1 is 1.40 bits per heavy atom. The number of rotatable bonds is 2. The first kappa shape index (κ1) is 11.5. The lowest BCUT2D eigenvalue weighted by molar-refractivity contribution is -0.174. The number of hydrogen-bond acceptors (Lipinski definition) is 2. The van der Waals surface area contributed by atoms with Crippen LogP contribution in [-0.4, -0.2) is 17.1 Å². The fourth-order valence-electron chi connectivity index (χ4n) is 1.01. The van der Waals surface area contributed by atoms with Crippen molar-refractivity contribution in [1.82, 2.24) is 10.3 Å². The van der Waals surface area contributed by atoms with Gasteiger partial charge in [-0.05, 0) is 24.6 Å². The first-order valence-corrected chi connectivity index (χ1v) is 4.19. The van der Waals surface area contributed by atoms with Crippen LogP contribution in [-0.2, 0) is 4.79 Å². The number of nitrogens with zero attached hydrogens (tertiary/aromatic N) is 1. The van der Waals surface area contributed by atoms with Crippen molar-refractivity contribution in [3.05, 3.63) is 30.1 Å². The predicted molar refractivity (Wildman–Crippen MR) is 46.8 cm³/mol. The van der Waals surface area contributed by atoms with E-state index in [1.54, 1.807) is 12.1 Å². The van der Waals surface area contributed by atoms with E-state index in [9.17, 15) is 18.0 Å². The SMILES string of the molecule is CC(NC(=O)C(F)(F)F)c1ccncc1. The quantitative estimate of drug-likeness (QED) is 0.822. The molecule has 82 valence electrons. The monoisotopic (exact) mass is 218 g/mol. The van der Waals surface area contributed by atoms with Crippen LogP contribution < -0.4 is 5.32 Å². The first-order chi connectivity index (χ1) is 6.91. The molecule has 0 radical (unpaired) electrons. The summed E-state index contributed by atoms with van der Waals surface area (Å²) >= 11 is 0. The van der Waals surface area contributed by atoms with E-state index in [-0.39, 0.29) is 0 Å². The summed E-state index contributed by atoms with van der Waals surface area (Å²) in [5.74, 6) is -1.94. The van der Waals surface area contributed by atoms with Crippen molar-refractivity contribution in [2.24, 2.45) is 0 Å². The first-order valence-electron chi connectivity index (χ1n) is 4.19. The predicted octanol–water partition coefficient (Wildman–Crippen LogP) is 1.82. The second-order valence-electron chi connectivity index (χ2n) is 2.97. The van der Waals surface area contributed by atoms with Crippen LogP contribution in [0, 0.1) is 0 Å². The van der Waals surface area contributed by atoms with Crippen LogP contribution in [0.5, 0.6) is 0 Å². The number of hydrogen-bond donors (Lipinski definition) is 1. The Balaban J connectivity index is 2.65. The molecule has 1 amide bonds. The molecule has 6 heteroatoms. The van der Waals surface area contributed by atoms with Crippen LogP contribution in [0.15, 0.2) is 24.5 Å². The highest BCUT2D eigenvalue weighted by Crippen LogP contribution is 2.17. The molecule has 0 aromatic carbocycles. The number of aromatic nitrogens is 1. The smallest absolute Gasteiger partial charge is 0.342 e. The molecule has 0 saturated heterocycles. The highest BCUT2D eigenvalue weighted by molar-refractivity contribution is 5.82. The van der Waals surface area contributed by atoms with Crippen molar-refractivity contribution in [3.63, 3.8) is 0 Å². The summed E-state index contributed by atoms with van der Waals surface area (Å²) < 4.78 is 35.7. The number of nitrogens with one attached hydrogen (secondary N) is 1. The second kappa shape index (κ2) is 4.29. The third-order valence-electron chi connectivity index (χ3n) is 1.81. The Morgan fingerprint density at radius 3 is 2.40 bits per heavy atom. The topological polar surface area (TPSA) is 42.0 Å². The summed E-state index contributed by atoms with van der Waals surface area (Å²) in [6.45, 7) is 1.47. The molecule has 1 heterocycles. The van der Waals surface area contributed by atoms with Crippen LogP contribution in [0.1, 0.15) is 18.5 Å². The molecule has 0 aliphatic carbocycles. The third kappa shape index (κ3) is 3.23. The van der Waals surface area contributed by atoms with E-state index in [4.69, 9.17) is 0 Å². The van der Waals surface area contributed by atoms with Crippen molar-refractivity contribution >= 4 is 5.91 Å². The molecule has 1 aromatic rings. The minimum absolute atomic E-state index is 0.572. The largest absolute Gasteiger partial charge is 0.471 e. The average Bonchev–Trinajstić information content (AvgIpc) is 2.17. The number of amides is 1. The van der Waals surface area contributed by atoms with Gasteiger partial charge in [0.25, 0.3) is 0 Å². The summed E-state index contributed by atoms with van der Waals surface area (Å²) in [6, 6.07) is 2.39. The van der Waals surface area contributed by atoms with Gasteiger partial charge < -0.3 is 5.32 Å². The number of carbonyl (C=O) groups is 1. The van der Waals surface area contributed by atoms with E-state index in [1.807, 2.05) is 5.32 Å². The van der Waals surface area contributed by atoms with Gasteiger partial charge in [0.05, 0.1) is 6.04 Å². The highest BCUT2D eigenvalue weighted by atomic mass is 19.4. The van der Waals surface area contributed by atoms with E-state index >= 15 is 0 Å². The minimum atomic E-state index is -4.85. The fraction of sp³-hybridized carbons (Fsp3) is 0.333. The van der Waals surface area contributed by atoms with Crippen molar-refractivity contribution in [2.75, 3.05) is 0 Å². The molecule has 3 nitrogen and oxygen atoms in total. The van der Waals surface area contributed by atoms with Gasteiger partial charge in [0.1, 0.15) is 0 Å². The molecule has 1 N–H and O–H groups in total. The number of halogens is 3. The molecule has 0 aliphatic rings. The molecule has 1 aromatic heterocycles. The van der Waals surface area contributed by atoms with Gasteiger partial charge in [-0.1, -0.05) is 0 Å². The maximum Gasteiger partial charge on any atom is 0.471 e. The number of alkyl halides is 3. The van der Waals surface area contributed by atoms with Gasteiger partial charge in [0, 0.05) is 12.4 Å². The standard InChI is InChI=1S/C9H9F3N2O/c1-6(7-2-4-13-5-3-7)14-8(15)9(10,11)12/h2-6H,1H3,(H,14,15). The molecule has 1 unspecified atom stereocenters. The lowest BCUT2D eigenvalue weighted by Gasteiger charge is -2.15. The lowest BCUT2D eigenvalue weighted by Crippen LogP contribution is -2.38. The summed E-state index contributed by atoms with van der Waals surface area (Å²) in [5.41, 5.74) is 0.572. The third-order valence-corrected chi connectivity index (χ3v) is 1.81. The van der Waals surface area contributed by atoms with E-state index in [0.29, 0.717) is 5.56 Å². The van der Waals surface area contributed by atoms with Gasteiger partial charge in [0.15, 0.2) is 0 Å². The maximum atomic E-state index is 11.9. The zero-order chi connectivity index (χ0) is 11.5. The zero-order valence-electron chi connectivity index (χ0n) is 7.88. The minimum Gasteiger partial charge on any atom is -0.342 e. The van der Waals surface area contributed by atoms with Gasteiger partial charge in [-0.3, -0.25) is 9.78 Å². The van der Waals surface area contributed by atoms with Crippen molar-refractivity contribution in [3.8, 4) is 0 Å². The second-order valence-corrected chi connectivity index (χ2v) is 2.97. The van der Waals surface area contributed by atoms with E-state index in [0.717, 1.165) is 0 Å². The summed E-state index contributed by atoms with van der Waals surface area (Å²) in [4.78, 5) is 14.3. The zero-order valence-corrected chi connectivity index (χ0v) is 7.88. The van der Waals surface area contributed by atoms with Crippen molar-refractivity contribution < 1.29 is 18.0 Å². The Kier molecular flexibility index (Phi) is 3.28. The van der Waals surface area contributed by atoms with E-state index in [2.05, 4.69) is 4.98 Å². The molecule has 15 heavy (non-hydrogen) atoms. The summed E-state index contributed by atoms with van der Waals surface area (Å²) in [5, 5.41) is 1.84. The molecule has 0 saturated carbocycles. The maximum absolute atomic E-state index is 11.9. The molecule has 1 atom stereocenters. The molecule has 1 rings (SSSR count). The Bertz CT molecular complexity index is 337. The van der Waals surface area contributed by atoms with E-state index in [1.165, 1.54) is 19.3 Å². The van der Waals surface area contributed by atoms with Gasteiger partial charge in [-0.15, -0.1) is 0 Å². The van der Waals surface area contributed by atoms with Crippen LogP contribution in [0.25, 0.3) is 0 Å². The van der Waals surface area contributed by atoms with Gasteiger partial charge in [-0.25, -0.2) is 0 Å². The number of carbonyl (C=O) groups excluding carboxylic acids is 1. The van der Waals surface area contributed by atoms with Crippen LogP contribution in [0.4, 0.5) is 13.2 Å². The van der Waals surface area contributed by atoms with Gasteiger partial charge in [-0.2, -0.15) is 13.2 Å². The molecule has 0 aliphatic heterocycles. The van der Waals surface area contributed by atoms with Gasteiger partial charge in [0.2, 0.25) is 0 Å².